The Bertz CT molecular complexity index is 38.3. The first-order chi connectivity index (χ1) is 4.91. The molecule has 0 N–H and O–H groups in total. The van der Waals surface area contributed by atoms with Gasteiger partial charge in [0, 0.05) is 0 Å². The molecule has 0 radical (unpaired) electrons. The topological polar surface area (TPSA) is 0 Å². The van der Waals surface area contributed by atoms with Crippen molar-refractivity contribution in [2.75, 3.05) is 0 Å². The summed E-state index contributed by atoms with van der Waals surface area (Å²) in [5.74, 6) is 0. The molecule has 12 heavy (non-hydrogen) atoms. The zero-order valence-corrected chi connectivity index (χ0v) is 9.23. The van der Waals surface area contributed by atoms with Gasteiger partial charge in [-0.1, -0.05) is 32.6 Å². The van der Waals surface area contributed by atoms with Gasteiger partial charge in [0.25, 0.3) is 0 Å². The van der Waals surface area contributed by atoms with Crippen LogP contribution in [0.1, 0.15) is 51.9 Å². The summed E-state index contributed by atoms with van der Waals surface area (Å²) in [5, 5.41) is 0. The van der Waals surface area contributed by atoms with Gasteiger partial charge in [-0.05, 0) is 0 Å². The predicted molar refractivity (Wildman–Crippen MR) is 47.7 cm³/mol. The van der Waals surface area contributed by atoms with Crippen LogP contribution in [0.4, 0.5) is 0 Å². The largest absolute Gasteiger partial charge is 1.00 e. The molecule has 0 nitrogen and oxygen atoms in total. The minimum Gasteiger partial charge on any atom is -0.343 e. The molecule has 0 aromatic heterocycles. The van der Waals surface area contributed by atoms with Crippen LogP contribution < -0.4 is 37.7 Å². The number of unbranched alkanes of at least 4 members (excludes halogenated alkanes) is 1. The zero-order chi connectivity index (χ0) is 7.66. The molecule has 1 aliphatic rings. The molecule has 0 atom stereocenters. The van der Waals surface area contributed by atoms with Crippen molar-refractivity contribution in [3.05, 3.63) is 13.3 Å². The first-order valence-corrected chi connectivity index (χ1v) is 4.52. The summed E-state index contributed by atoms with van der Waals surface area (Å²) in [6.45, 7) is 5.72. The molecule has 0 aromatic carbocycles. The Labute approximate surface area is 103 Å². The van der Waals surface area contributed by atoms with E-state index in [-0.39, 0.29) is 37.7 Å². The molecular formula is C10H20Li2. The monoisotopic (exact) mass is 154 g/mol. The Morgan fingerprint density at radius 1 is 1.08 bits per heavy atom. The Morgan fingerprint density at radius 2 is 1.50 bits per heavy atom. The molecule has 0 saturated heterocycles. The van der Waals surface area contributed by atoms with E-state index in [0.29, 0.717) is 0 Å². The summed E-state index contributed by atoms with van der Waals surface area (Å²) in [7, 11) is 0. The van der Waals surface area contributed by atoms with Crippen LogP contribution in [-0.2, 0) is 0 Å². The molecule has 0 heterocycles. The van der Waals surface area contributed by atoms with Crippen molar-refractivity contribution in [1.82, 2.24) is 0 Å². The standard InChI is InChI=1S/C6H11.C4H9.2Li/c1-2-4-6-5-3-1;1-3-4-2;;/h1H,2-6H2;1,3-4H2,2H3;;/q2*-1;2*+1. The Balaban J connectivity index is -0.000000124. The minimum absolute atomic E-state index is 0. The molecule has 2 heteroatoms. The number of rotatable bonds is 1. The fourth-order valence-electron chi connectivity index (χ4n) is 0.898. The van der Waals surface area contributed by atoms with Crippen molar-refractivity contribution in [2.24, 2.45) is 0 Å². The SMILES string of the molecule is [CH-]1CCCCC1.[CH2-]CCC.[Li+].[Li+]. The van der Waals surface area contributed by atoms with Crippen molar-refractivity contribution < 1.29 is 37.7 Å². The maximum absolute atomic E-state index is 3.60. The minimum atomic E-state index is 0. The van der Waals surface area contributed by atoms with Crippen LogP contribution in [0.2, 0.25) is 0 Å². The van der Waals surface area contributed by atoms with Crippen LogP contribution in [-0.4, -0.2) is 0 Å². The smallest absolute Gasteiger partial charge is 0.343 e. The first kappa shape index (κ1) is 18.9. The van der Waals surface area contributed by atoms with E-state index in [1.165, 1.54) is 38.5 Å². The van der Waals surface area contributed by atoms with Gasteiger partial charge in [0.1, 0.15) is 0 Å². The molecule has 1 rings (SSSR count). The van der Waals surface area contributed by atoms with Crippen LogP contribution >= 0.6 is 0 Å². The van der Waals surface area contributed by atoms with Crippen molar-refractivity contribution in [3.63, 3.8) is 0 Å². The molecule has 0 spiro atoms. The normalized spacial score (nSPS) is 14.5. The van der Waals surface area contributed by atoms with E-state index in [0.717, 1.165) is 6.42 Å². The molecule has 0 aromatic rings. The van der Waals surface area contributed by atoms with E-state index >= 15 is 0 Å². The molecule has 0 bridgehead atoms. The van der Waals surface area contributed by atoms with Crippen LogP contribution in [0, 0.1) is 13.3 Å². The second-order valence-corrected chi connectivity index (χ2v) is 2.78. The summed E-state index contributed by atoms with van der Waals surface area (Å²) in [6, 6.07) is 0. The van der Waals surface area contributed by atoms with Gasteiger partial charge in [-0.15, -0.1) is 0 Å². The van der Waals surface area contributed by atoms with E-state index in [1.807, 2.05) is 0 Å². The molecule has 1 fully saturated rings. The van der Waals surface area contributed by atoms with Crippen LogP contribution in [0.25, 0.3) is 0 Å². The number of hydrogen-bond acceptors (Lipinski definition) is 0. The second kappa shape index (κ2) is 18.1. The summed E-state index contributed by atoms with van der Waals surface area (Å²) < 4.78 is 0. The van der Waals surface area contributed by atoms with Crippen molar-refractivity contribution in [3.8, 4) is 0 Å². The third-order valence-electron chi connectivity index (χ3n) is 1.67. The Hall–Kier alpha value is 1.19. The van der Waals surface area contributed by atoms with E-state index in [2.05, 4.69) is 20.3 Å². The van der Waals surface area contributed by atoms with Crippen molar-refractivity contribution >= 4 is 0 Å². The van der Waals surface area contributed by atoms with Gasteiger partial charge in [-0.25, -0.2) is 0 Å². The van der Waals surface area contributed by atoms with Crippen LogP contribution in [0.3, 0.4) is 0 Å². The Morgan fingerprint density at radius 3 is 1.58 bits per heavy atom. The van der Waals surface area contributed by atoms with Crippen LogP contribution in [0.15, 0.2) is 0 Å². The third-order valence-corrected chi connectivity index (χ3v) is 1.67. The van der Waals surface area contributed by atoms with E-state index < -0.39 is 0 Å². The molecule has 0 aliphatic heterocycles. The molecule has 0 amide bonds. The summed E-state index contributed by atoms with van der Waals surface area (Å²) in [5.41, 5.74) is 0. The van der Waals surface area contributed by atoms with Gasteiger partial charge < -0.3 is 13.3 Å². The zero-order valence-electron chi connectivity index (χ0n) is 9.23. The average Bonchev–Trinajstić information content (AvgIpc) is 2.08. The first-order valence-electron chi connectivity index (χ1n) is 4.52. The maximum Gasteiger partial charge on any atom is 1.00 e. The molecule has 1 saturated carbocycles. The van der Waals surface area contributed by atoms with E-state index in [1.54, 1.807) is 0 Å². The van der Waals surface area contributed by atoms with Crippen LogP contribution in [0.5, 0.6) is 0 Å². The average molecular weight is 154 g/mol. The third kappa shape index (κ3) is 17.3. The second-order valence-electron chi connectivity index (χ2n) is 2.78. The van der Waals surface area contributed by atoms with Crippen molar-refractivity contribution in [1.29, 1.82) is 0 Å². The summed E-state index contributed by atoms with van der Waals surface area (Å²) >= 11 is 0. The van der Waals surface area contributed by atoms with E-state index in [9.17, 15) is 0 Å². The maximum atomic E-state index is 3.60. The van der Waals surface area contributed by atoms with Gasteiger partial charge in [0.2, 0.25) is 0 Å². The van der Waals surface area contributed by atoms with Crippen molar-refractivity contribution in [2.45, 2.75) is 51.9 Å². The summed E-state index contributed by atoms with van der Waals surface area (Å²) in [4.78, 5) is 0. The quantitative estimate of drug-likeness (QED) is 0.296. The van der Waals surface area contributed by atoms with Gasteiger partial charge in [-0.3, -0.25) is 0 Å². The Kier molecular flexibility index (Phi) is 28.4. The van der Waals surface area contributed by atoms with Gasteiger partial charge >= 0.3 is 37.7 Å². The van der Waals surface area contributed by atoms with E-state index in [4.69, 9.17) is 0 Å². The van der Waals surface area contributed by atoms with Gasteiger partial charge in [-0.2, -0.15) is 19.3 Å². The number of hydrogen-bond donors (Lipinski definition) is 0. The fourth-order valence-corrected chi connectivity index (χ4v) is 0.898. The fraction of sp³-hybridized carbons (Fsp3) is 0.800. The predicted octanol–water partition coefficient (Wildman–Crippen LogP) is -2.22. The molecule has 1 aliphatic carbocycles. The molecule has 0 unspecified atom stereocenters. The van der Waals surface area contributed by atoms with Gasteiger partial charge in [0.15, 0.2) is 0 Å². The van der Waals surface area contributed by atoms with Gasteiger partial charge in [0.05, 0.1) is 0 Å². The summed E-state index contributed by atoms with van der Waals surface area (Å²) in [6.07, 6.45) is 11.8. The molecular weight excluding hydrogens is 134 g/mol. The molecule has 62 valence electrons.